The zero-order valence-electron chi connectivity index (χ0n) is 24.4. The highest BCUT2D eigenvalue weighted by atomic mass is 32.2. The topological polar surface area (TPSA) is 192 Å². The summed E-state index contributed by atoms with van der Waals surface area (Å²) in [5.74, 6) is -2.23. The number of nitrogens with one attached hydrogen (secondary N) is 4. The van der Waals surface area contributed by atoms with Crippen molar-refractivity contribution in [2.24, 2.45) is 11.5 Å². The first kappa shape index (κ1) is 33.6. The van der Waals surface area contributed by atoms with Crippen LogP contribution in [0.3, 0.4) is 0 Å². The number of H-pyrrole nitrogens is 1. The maximum atomic E-state index is 13.5. The maximum Gasteiger partial charge on any atom is 0.326 e. The molecule has 4 unspecified atom stereocenters. The van der Waals surface area contributed by atoms with Crippen LogP contribution in [0.25, 0.3) is 10.9 Å². The number of carboxylic acid groups (broad SMARTS) is 1. The maximum absolute atomic E-state index is 13.5. The summed E-state index contributed by atoms with van der Waals surface area (Å²) in [5.41, 5.74) is 14.5. The molecule has 12 heteroatoms. The molecule has 3 aromatic rings. The number of carbonyl (C=O) groups excluding carboxylic acids is 3. The number of benzene rings is 2. The molecule has 0 bridgehead atoms. The summed E-state index contributed by atoms with van der Waals surface area (Å²) >= 11 is 1.52. The predicted octanol–water partition coefficient (Wildman–Crippen LogP) is 1.70. The normalized spacial score (nSPS) is 13.9. The van der Waals surface area contributed by atoms with Gasteiger partial charge in [0.15, 0.2) is 0 Å². The standard InChI is InChI=1S/C31H42N6O5S/c1-43-16-14-26(35-28(38)23(33)18-21-19-34-24-12-6-5-11-22(21)24)30(40)36-25(13-7-8-15-32)29(39)37-27(31(41)42)17-20-9-3-2-4-10-20/h2-6,9-12,19,23,25-27,34H,7-8,13-18,32-33H2,1H3,(H,35,38)(H,36,40)(H,37,39)(H,41,42). The van der Waals surface area contributed by atoms with Gasteiger partial charge in [0.2, 0.25) is 17.7 Å². The van der Waals surface area contributed by atoms with Crippen LogP contribution in [0.15, 0.2) is 60.8 Å². The average molecular weight is 611 g/mol. The lowest BCUT2D eigenvalue weighted by Crippen LogP contribution is -2.57. The Morgan fingerprint density at radius 3 is 2.14 bits per heavy atom. The molecule has 0 aliphatic carbocycles. The molecule has 2 aromatic carbocycles. The second kappa shape index (κ2) is 17.3. The van der Waals surface area contributed by atoms with Crippen LogP contribution in [0.5, 0.6) is 0 Å². The minimum absolute atomic E-state index is 0.0894. The summed E-state index contributed by atoms with van der Waals surface area (Å²) in [7, 11) is 0. The molecule has 0 fully saturated rings. The van der Waals surface area contributed by atoms with Crippen LogP contribution >= 0.6 is 11.8 Å². The van der Waals surface area contributed by atoms with E-state index in [1.54, 1.807) is 24.3 Å². The monoisotopic (exact) mass is 610 g/mol. The van der Waals surface area contributed by atoms with Crippen LogP contribution in [-0.4, -0.2) is 76.5 Å². The number of hydrogen-bond acceptors (Lipinski definition) is 7. The smallest absolute Gasteiger partial charge is 0.326 e. The number of carboxylic acids is 1. The van der Waals surface area contributed by atoms with E-state index in [1.165, 1.54) is 11.8 Å². The summed E-state index contributed by atoms with van der Waals surface area (Å²) in [6.07, 6.45) is 5.83. The van der Waals surface area contributed by atoms with Gasteiger partial charge in [-0.3, -0.25) is 14.4 Å². The number of fused-ring (bicyclic) bond motifs is 1. The quantitative estimate of drug-likeness (QED) is 0.106. The number of para-hydroxylation sites is 1. The zero-order chi connectivity index (χ0) is 31.2. The summed E-state index contributed by atoms with van der Waals surface area (Å²) in [6.45, 7) is 0.411. The Kier molecular flexibility index (Phi) is 13.5. The van der Waals surface area contributed by atoms with Gasteiger partial charge in [-0.2, -0.15) is 11.8 Å². The highest BCUT2D eigenvalue weighted by Gasteiger charge is 2.30. The van der Waals surface area contributed by atoms with Crippen LogP contribution in [-0.2, 0) is 32.0 Å². The van der Waals surface area contributed by atoms with Gasteiger partial charge < -0.3 is 37.5 Å². The highest BCUT2D eigenvalue weighted by molar-refractivity contribution is 7.98. The van der Waals surface area contributed by atoms with Gasteiger partial charge in [0.1, 0.15) is 18.1 Å². The Labute approximate surface area is 255 Å². The lowest BCUT2D eigenvalue weighted by Gasteiger charge is -2.25. The molecule has 9 N–H and O–H groups in total. The molecule has 0 aliphatic heterocycles. The minimum Gasteiger partial charge on any atom is -0.480 e. The molecular formula is C31H42N6O5S. The van der Waals surface area contributed by atoms with Gasteiger partial charge in [-0.15, -0.1) is 0 Å². The van der Waals surface area contributed by atoms with E-state index in [1.807, 2.05) is 42.8 Å². The van der Waals surface area contributed by atoms with Gasteiger partial charge in [-0.05, 0) is 67.9 Å². The van der Waals surface area contributed by atoms with E-state index in [2.05, 4.69) is 20.9 Å². The van der Waals surface area contributed by atoms with Crippen LogP contribution < -0.4 is 27.4 Å². The Morgan fingerprint density at radius 1 is 0.837 bits per heavy atom. The number of rotatable bonds is 18. The first-order valence-electron chi connectivity index (χ1n) is 14.4. The molecule has 3 amide bonds. The third kappa shape index (κ3) is 10.4. The highest BCUT2D eigenvalue weighted by Crippen LogP contribution is 2.19. The molecule has 0 saturated heterocycles. The van der Waals surface area contributed by atoms with E-state index < -0.39 is 47.9 Å². The molecule has 0 radical (unpaired) electrons. The van der Waals surface area contributed by atoms with Gasteiger partial charge in [0.05, 0.1) is 6.04 Å². The van der Waals surface area contributed by atoms with Crippen molar-refractivity contribution >= 4 is 46.4 Å². The van der Waals surface area contributed by atoms with Gasteiger partial charge >= 0.3 is 5.97 Å². The van der Waals surface area contributed by atoms with E-state index in [0.29, 0.717) is 31.6 Å². The molecule has 11 nitrogen and oxygen atoms in total. The van der Waals surface area contributed by atoms with Crippen molar-refractivity contribution < 1.29 is 24.3 Å². The third-order valence-corrected chi connectivity index (χ3v) is 7.82. The molecule has 232 valence electrons. The van der Waals surface area contributed by atoms with Crippen LogP contribution in [0.4, 0.5) is 0 Å². The van der Waals surface area contributed by atoms with Crippen molar-refractivity contribution in [2.45, 2.75) is 62.7 Å². The van der Waals surface area contributed by atoms with Gasteiger partial charge in [-0.25, -0.2) is 4.79 Å². The Morgan fingerprint density at radius 2 is 1.47 bits per heavy atom. The van der Waals surface area contributed by atoms with E-state index in [4.69, 9.17) is 11.5 Å². The molecule has 3 rings (SSSR count). The Hall–Kier alpha value is -3.87. The van der Waals surface area contributed by atoms with Crippen molar-refractivity contribution in [3.63, 3.8) is 0 Å². The fourth-order valence-electron chi connectivity index (χ4n) is 4.77. The number of carbonyl (C=O) groups is 4. The second-order valence-corrected chi connectivity index (χ2v) is 11.4. The van der Waals surface area contributed by atoms with Gasteiger partial charge in [0, 0.05) is 23.5 Å². The van der Waals surface area contributed by atoms with Crippen molar-refractivity contribution in [2.75, 3.05) is 18.6 Å². The molecule has 0 spiro atoms. The number of aromatic amines is 1. The average Bonchev–Trinajstić information content (AvgIpc) is 3.41. The van der Waals surface area contributed by atoms with Crippen molar-refractivity contribution in [1.29, 1.82) is 0 Å². The van der Waals surface area contributed by atoms with Gasteiger partial charge in [-0.1, -0.05) is 48.5 Å². The Bertz CT molecular complexity index is 1350. The lowest BCUT2D eigenvalue weighted by molar-refractivity contribution is -0.142. The summed E-state index contributed by atoms with van der Waals surface area (Å²) < 4.78 is 0. The number of nitrogens with two attached hydrogens (primary N) is 2. The molecule has 0 aliphatic rings. The van der Waals surface area contributed by atoms with Crippen molar-refractivity contribution in [1.82, 2.24) is 20.9 Å². The summed E-state index contributed by atoms with van der Waals surface area (Å²) in [4.78, 5) is 55.0. The molecule has 43 heavy (non-hydrogen) atoms. The Balaban J connectivity index is 1.69. The van der Waals surface area contributed by atoms with E-state index in [0.717, 1.165) is 22.0 Å². The minimum atomic E-state index is -1.18. The fraction of sp³-hybridized carbons (Fsp3) is 0.419. The molecular weight excluding hydrogens is 568 g/mol. The first-order chi connectivity index (χ1) is 20.7. The second-order valence-electron chi connectivity index (χ2n) is 10.4. The third-order valence-electron chi connectivity index (χ3n) is 7.17. The predicted molar refractivity (Wildman–Crippen MR) is 169 cm³/mol. The first-order valence-corrected chi connectivity index (χ1v) is 15.8. The molecule has 0 saturated carbocycles. The molecule has 1 heterocycles. The fourth-order valence-corrected chi connectivity index (χ4v) is 5.24. The summed E-state index contributed by atoms with van der Waals surface area (Å²) in [6, 6.07) is 12.7. The van der Waals surface area contributed by atoms with Crippen LogP contribution in [0.2, 0.25) is 0 Å². The molecule has 1 aromatic heterocycles. The summed E-state index contributed by atoms with van der Waals surface area (Å²) in [5, 5.41) is 18.8. The zero-order valence-corrected chi connectivity index (χ0v) is 25.2. The van der Waals surface area contributed by atoms with Crippen LogP contribution in [0, 0.1) is 0 Å². The lowest BCUT2D eigenvalue weighted by atomic mass is 10.0. The van der Waals surface area contributed by atoms with Crippen LogP contribution in [0.1, 0.15) is 36.8 Å². The number of amides is 3. The number of hydrogen-bond donors (Lipinski definition) is 7. The van der Waals surface area contributed by atoms with Crippen molar-refractivity contribution in [3.05, 3.63) is 71.9 Å². The van der Waals surface area contributed by atoms with Gasteiger partial charge in [0.25, 0.3) is 0 Å². The van der Waals surface area contributed by atoms with Crippen molar-refractivity contribution in [3.8, 4) is 0 Å². The number of aromatic nitrogens is 1. The molecule has 4 atom stereocenters. The largest absolute Gasteiger partial charge is 0.480 e. The number of thioether (sulfide) groups is 1. The van der Waals surface area contributed by atoms with E-state index >= 15 is 0 Å². The number of aliphatic carboxylic acids is 1. The number of unbranched alkanes of at least 4 members (excludes halogenated alkanes) is 1. The van der Waals surface area contributed by atoms with E-state index in [9.17, 15) is 24.3 Å². The van der Waals surface area contributed by atoms with E-state index in [-0.39, 0.29) is 19.3 Å². The SMILES string of the molecule is CSCCC(NC(=O)C(N)Cc1c[nH]c2ccccc12)C(=O)NC(CCCCN)C(=O)NC(Cc1ccccc1)C(=O)O.